The molecule has 0 saturated heterocycles. The highest BCUT2D eigenvalue weighted by Gasteiger charge is 2.32. The maximum atomic E-state index is 13.2. The summed E-state index contributed by atoms with van der Waals surface area (Å²) in [5.41, 5.74) is -0.543. The molecule has 0 fully saturated rings. The lowest BCUT2D eigenvalue weighted by atomic mass is 10.2. The topological polar surface area (TPSA) is 43.6 Å². The van der Waals surface area contributed by atoms with Gasteiger partial charge in [-0.05, 0) is 12.1 Å². The van der Waals surface area contributed by atoms with Crippen molar-refractivity contribution in [1.29, 1.82) is 0 Å². The number of hydrogen-bond donors (Lipinski definition) is 0. The zero-order chi connectivity index (χ0) is 16.6. The van der Waals surface area contributed by atoms with Gasteiger partial charge in [-0.3, -0.25) is 4.98 Å². The highest BCUT2D eigenvalue weighted by molar-refractivity contribution is 6.32. The minimum absolute atomic E-state index is 0.0143. The fourth-order valence-corrected chi connectivity index (χ4v) is 2.15. The van der Waals surface area contributed by atoms with E-state index in [-0.39, 0.29) is 22.1 Å². The Bertz CT molecular complexity index is 860. The Labute approximate surface area is 132 Å². The van der Waals surface area contributed by atoms with Crippen LogP contribution in [0.5, 0.6) is 0 Å². The van der Waals surface area contributed by atoms with Crippen molar-refractivity contribution in [3.05, 3.63) is 59.5 Å². The first-order valence-electron chi connectivity index (χ1n) is 6.25. The molecule has 3 aromatic heterocycles. The Morgan fingerprint density at radius 2 is 1.91 bits per heavy atom. The van der Waals surface area contributed by atoms with Crippen molar-refractivity contribution < 1.29 is 17.6 Å². The summed E-state index contributed by atoms with van der Waals surface area (Å²) in [6, 6.07) is 4.63. The molecule has 0 saturated carbocycles. The van der Waals surface area contributed by atoms with Crippen molar-refractivity contribution in [2.75, 3.05) is 0 Å². The van der Waals surface area contributed by atoms with Crippen LogP contribution in [-0.2, 0) is 6.18 Å². The van der Waals surface area contributed by atoms with Gasteiger partial charge in [0, 0.05) is 12.3 Å². The van der Waals surface area contributed by atoms with E-state index in [0.717, 1.165) is 12.3 Å². The number of alkyl halides is 3. The molecule has 3 aromatic rings. The zero-order valence-electron chi connectivity index (χ0n) is 11.2. The van der Waals surface area contributed by atoms with Gasteiger partial charge in [-0.15, -0.1) is 0 Å². The molecule has 0 atom stereocenters. The summed E-state index contributed by atoms with van der Waals surface area (Å²) in [6.45, 7) is 0. The summed E-state index contributed by atoms with van der Waals surface area (Å²) in [5.74, 6) is -0.576. The van der Waals surface area contributed by atoms with Crippen molar-refractivity contribution in [3.63, 3.8) is 0 Å². The maximum Gasteiger partial charge on any atom is 0.433 e. The van der Waals surface area contributed by atoms with Crippen LogP contribution < -0.4 is 0 Å². The SMILES string of the molecule is Fc1cncc(-n2cc(-c3cccc(C(F)(F)F)n3)c(Cl)n2)c1. The van der Waals surface area contributed by atoms with E-state index in [2.05, 4.69) is 15.1 Å². The first-order chi connectivity index (χ1) is 10.8. The van der Waals surface area contributed by atoms with E-state index >= 15 is 0 Å². The summed E-state index contributed by atoms with van der Waals surface area (Å²) in [7, 11) is 0. The molecule has 0 aliphatic rings. The average Bonchev–Trinajstić information content (AvgIpc) is 2.89. The van der Waals surface area contributed by atoms with E-state index in [9.17, 15) is 17.6 Å². The second-order valence-corrected chi connectivity index (χ2v) is 4.90. The number of hydrogen-bond acceptors (Lipinski definition) is 3. The first kappa shape index (κ1) is 15.4. The van der Waals surface area contributed by atoms with Crippen LogP contribution in [0.1, 0.15) is 5.69 Å². The number of rotatable bonds is 2. The number of nitrogens with zero attached hydrogens (tertiary/aromatic N) is 4. The van der Waals surface area contributed by atoms with Crippen molar-refractivity contribution in [1.82, 2.24) is 19.7 Å². The van der Waals surface area contributed by atoms with Crippen LogP contribution in [0, 0.1) is 5.82 Å². The molecule has 0 unspecified atom stereocenters. The molecule has 0 aromatic carbocycles. The Kier molecular flexibility index (Phi) is 3.77. The molecule has 0 amide bonds. The van der Waals surface area contributed by atoms with Crippen molar-refractivity contribution in [2.45, 2.75) is 6.18 Å². The quantitative estimate of drug-likeness (QED) is 0.657. The lowest BCUT2D eigenvalue weighted by Crippen LogP contribution is -2.07. The van der Waals surface area contributed by atoms with Crippen LogP contribution in [-0.4, -0.2) is 19.7 Å². The third-order valence-corrected chi connectivity index (χ3v) is 3.22. The van der Waals surface area contributed by atoms with E-state index in [1.807, 2.05) is 0 Å². The molecule has 3 rings (SSSR count). The standard InChI is InChI=1S/C14H7ClF4N4/c15-13-10(11-2-1-3-12(21-11)14(17,18)19)7-23(22-13)9-4-8(16)5-20-6-9/h1-7H. The van der Waals surface area contributed by atoms with E-state index in [1.165, 1.54) is 35.3 Å². The van der Waals surface area contributed by atoms with Gasteiger partial charge in [0.1, 0.15) is 11.5 Å². The summed E-state index contributed by atoms with van der Waals surface area (Å²) < 4.78 is 52.6. The van der Waals surface area contributed by atoms with Crippen LogP contribution in [0.2, 0.25) is 5.15 Å². The van der Waals surface area contributed by atoms with Gasteiger partial charge in [-0.25, -0.2) is 14.1 Å². The zero-order valence-corrected chi connectivity index (χ0v) is 12.0. The summed E-state index contributed by atoms with van der Waals surface area (Å²) >= 11 is 5.97. The Morgan fingerprint density at radius 3 is 2.61 bits per heavy atom. The molecule has 23 heavy (non-hydrogen) atoms. The molecule has 4 nitrogen and oxygen atoms in total. The monoisotopic (exact) mass is 342 g/mol. The molecular weight excluding hydrogens is 336 g/mol. The number of pyridine rings is 2. The molecule has 0 aliphatic heterocycles. The van der Waals surface area contributed by atoms with E-state index in [4.69, 9.17) is 11.6 Å². The fraction of sp³-hybridized carbons (Fsp3) is 0.0714. The number of halogens is 5. The van der Waals surface area contributed by atoms with Crippen molar-refractivity contribution >= 4 is 11.6 Å². The van der Waals surface area contributed by atoms with E-state index < -0.39 is 17.7 Å². The highest BCUT2D eigenvalue weighted by atomic mass is 35.5. The maximum absolute atomic E-state index is 13.2. The predicted molar refractivity (Wildman–Crippen MR) is 74.6 cm³/mol. The average molecular weight is 343 g/mol. The lowest BCUT2D eigenvalue weighted by Gasteiger charge is -2.06. The molecule has 118 valence electrons. The molecule has 3 heterocycles. The summed E-state index contributed by atoms with van der Waals surface area (Å²) in [6.07, 6.45) is -0.841. The van der Waals surface area contributed by atoms with Crippen LogP contribution in [0.15, 0.2) is 42.9 Å². The smallest absolute Gasteiger partial charge is 0.259 e. The van der Waals surface area contributed by atoms with Gasteiger partial charge in [0.15, 0.2) is 5.15 Å². The van der Waals surface area contributed by atoms with Crippen LogP contribution >= 0.6 is 11.6 Å². The van der Waals surface area contributed by atoms with Gasteiger partial charge < -0.3 is 0 Å². The van der Waals surface area contributed by atoms with Gasteiger partial charge in [0.05, 0.1) is 29.3 Å². The van der Waals surface area contributed by atoms with Gasteiger partial charge >= 0.3 is 6.18 Å². The molecule has 0 bridgehead atoms. The van der Waals surface area contributed by atoms with Crippen molar-refractivity contribution in [2.24, 2.45) is 0 Å². The second-order valence-electron chi connectivity index (χ2n) is 4.55. The number of aromatic nitrogens is 4. The molecule has 0 radical (unpaired) electrons. The van der Waals surface area contributed by atoms with Gasteiger partial charge in [0.2, 0.25) is 0 Å². The van der Waals surface area contributed by atoms with Gasteiger partial charge in [-0.2, -0.15) is 18.3 Å². The fourth-order valence-electron chi connectivity index (χ4n) is 1.93. The highest BCUT2D eigenvalue weighted by Crippen LogP contribution is 2.31. The molecule has 0 spiro atoms. The largest absolute Gasteiger partial charge is 0.433 e. The van der Waals surface area contributed by atoms with Gasteiger partial charge in [0.25, 0.3) is 0 Å². The Morgan fingerprint density at radius 1 is 1.13 bits per heavy atom. The minimum atomic E-state index is -4.56. The van der Waals surface area contributed by atoms with E-state index in [0.29, 0.717) is 0 Å². The van der Waals surface area contributed by atoms with Crippen LogP contribution in [0.4, 0.5) is 17.6 Å². The third kappa shape index (κ3) is 3.16. The summed E-state index contributed by atoms with van der Waals surface area (Å²) in [4.78, 5) is 7.22. The molecule has 0 aliphatic carbocycles. The minimum Gasteiger partial charge on any atom is -0.259 e. The van der Waals surface area contributed by atoms with Crippen LogP contribution in [0.25, 0.3) is 16.9 Å². The summed E-state index contributed by atoms with van der Waals surface area (Å²) in [5, 5.41) is 3.89. The molecule has 0 N–H and O–H groups in total. The second kappa shape index (κ2) is 5.62. The molecule has 9 heteroatoms. The Hall–Kier alpha value is -2.48. The van der Waals surface area contributed by atoms with E-state index in [1.54, 1.807) is 0 Å². The normalized spacial score (nSPS) is 11.7. The molecular formula is C14H7ClF4N4. The lowest BCUT2D eigenvalue weighted by molar-refractivity contribution is -0.141. The first-order valence-corrected chi connectivity index (χ1v) is 6.63. The third-order valence-electron chi connectivity index (χ3n) is 2.94. The van der Waals surface area contributed by atoms with Gasteiger partial charge in [-0.1, -0.05) is 17.7 Å². The van der Waals surface area contributed by atoms with Crippen molar-refractivity contribution in [3.8, 4) is 16.9 Å². The Balaban J connectivity index is 2.05. The van der Waals surface area contributed by atoms with Crippen LogP contribution in [0.3, 0.4) is 0 Å². The predicted octanol–water partition coefficient (Wildman–Crippen LogP) is 4.14.